The van der Waals surface area contributed by atoms with Crippen molar-refractivity contribution in [1.29, 1.82) is 0 Å². The van der Waals surface area contributed by atoms with Crippen molar-refractivity contribution < 1.29 is 14.3 Å². The van der Waals surface area contributed by atoms with Crippen LogP contribution >= 0.6 is 23.2 Å². The number of hydrogen-bond donors (Lipinski definition) is 1. The van der Waals surface area contributed by atoms with Crippen LogP contribution in [0.5, 0.6) is 0 Å². The number of aromatic carboxylic acids is 1. The lowest BCUT2D eigenvalue weighted by Gasteiger charge is -2.07. The molecule has 2 nitrogen and oxygen atoms in total. The first-order chi connectivity index (χ1) is 8.49. The first-order valence-corrected chi connectivity index (χ1v) is 5.73. The minimum absolute atomic E-state index is 0.00239. The standard InChI is InChI=1S/C13H7Cl2FO2/c14-8-2-3-9(11(15)6-8)10-5-7(13(17)18)1-4-12(10)16/h1-6H,(H,17,18). The van der Waals surface area contributed by atoms with Crippen molar-refractivity contribution in [2.24, 2.45) is 0 Å². The van der Waals surface area contributed by atoms with Gasteiger partial charge in [0.25, 0.3) is 0 Å². The van der Waals surface area contributed by atoms with Gasteiger partial charge in [-0.15, -0.1) is 0 Å². The molecule has 0 bridgehead atoms. The molecule has 0 aliphatic carbocycles. The molecule has 0 heterocycles. The van der Waals surface area contributed by atoms with Gasteiger partial charge in [0.2, 0.25) is 0 Å². The number of halogens is 3. The Morgan fingerprint density at radius 1 is 1.06 bits per heavy atom. The summed E-state index contributed by atoms with van der Waals surface area (Å²) in [5.41, 5.74) is 0.538. The van der Waals surface area contributed by atoms with Gasteiger partial charge in [-0.1, -0.05) is 29.3 Å². The molecule has 0 fully saturated rings. The molecule has 18 heavy (non-hydrogen) atoms. The minimum atomic E-state index is -1.12. The molecule has 0 saturated heterocycles. The van der Waals surface area contributed by atoms with Crippen LogP contribution < -0.4 is 0 Å². The van der Waals surface area contributed by atoms with Crippen LogP contribution in [0, 0.1) is 5.82 Å². The van der Waals surface area contributed by atoms with E-state index in [0.29, 0.717) is 10.6 Å². The van der Waals surface area contributed by atoms with Crippen LogP contribution in [-0.2, 0) is 0 Å². The maximum absolute atomic E-state index is 13.7. The predicted molar refractivity (Wildman–Crippen MR) is 68.8 cm³/mol. The van der Waals surface area contributed by atoms with E-state index >= 15 is 0 Å². The van der Waals surface area contributed by atoms with Crippen molar-refractivity contribution in [2.45, 2.75) is 0 Å². The van der Waals surface area contributed by atoms with Crippen molar-refractivity contribution >= 4 is 29.2 Å². The van der Waals surface area contributed by atoms with Crippen molar-refractivity contribution in [1.82, 2.24) is 0 Å². The molecule has 1 N–H and O–H groups in total. The third-order valence-corrected chi connectivity index (χ3v) is 2.98. The molecular weight excluding hydrogens is 278 g/mol. The molecule has 0 saturated carbocycles. The van der Waals surface area contributed by atoms with E-state index in [-0.39, 0.29) is 16.1 Å². The van der Waals surface area contributed by atoms with Gasteiger partial charge in [0, 0.05) is 21.2 Å². The molecule has 2 rings (SSSR count). The van der Waals surface area contributed by atoms with E-state index in [2.05, 4.69) is 0 Å². The van der Waals surface area contributed by atoms with Gasteiger partial charge in [0.15, 0.2) is 0 Å². The molecular formula is C13H7Cl2FO2. The van der Waals surface area contributed by atoms with Crippen molar-refractivity contribution in [3.05, 3.63) is 57.8 Å². The van der Waals surface area contributed by atoms with Gasteiger partial charge in [-0.2, -0.15) is 0 Å². The van der Waals surface area contributed by atoms with E-state index in [4.69, 9.17) is 28.3 Å². The summed E-state index contributed by atoms with van der Waals surface area (Å²) in [6.45, 7) is 0. The Balaban J connectivity index is 2.62. The highest BCUT2D eigenvalue weighted by molar-refractivity contribution is 6.36. The fraction of sp³-hybridized carbons (Fsp3) is 0. The lowest BCUT2D eigenvalue weighted by molar-refractivity contribution is 0.0697. The first-order valence-electron chi connectivity index (χ1n) is 4.97. The SMILES string of the molecule is O=C(O)c1ccc(F)c(-c2ccc(Cl)cc2Cl)c1. The summed E-state index contributed by atoms with van der Waals surface area (Å²) < 4.78 is 13.7. The maximum Gasteiger partial charge on any atom is 0.335 e. The Morgan fingerprint density at radius 2 is 1.78 bits per heavy atom. The molecule has 0 radical (unpaired) electrons. The fourth-order valence-corrected chi connectivity index (χ4v) is 2.08. The summed E-state index contributed by atoms with van der Waals surface area (Å²) in [7, 11) is 0. The molecule has 0 aliphatic heterocycles. The van der Waals surface area contributed by atoms with Crippen molar-refractivity contribution in [3.63, 3.8) is 0 Å². The van der Waals surface area contributed by atoms with Crippen LogP contribution in [0.2, 0.25) is 10.0 Å². The predicted octanol–water partition coefficient (Wildman–Crippen LogP) is 4.50. The fourth-order valence-electron chi connectivity index (χ4n) is 1.57. The van der Waals surface area contributed by atoms with Crippen LogP contribution in [0.4, 0.5) is 4.39 Å². The zero-order chi connectivity index (χ0) is 13.3. The summed E-state index contributed by atoms with van der Waals surface area (Å²) in [6.07, 6.45) is 0. The van der Waals surface area contributed by atoms with E-state index < -0.39 is 11.8 Å². The summed E-state index contributed by atoms with van der Waals surface area (Å²) in [4.78, 5) is 10.9. The molecule has 0 unspecified atom stereocenters. The number of hydrogen-bond acceptors (Lipinski definition) is 1. The van der Waals surface area contributed by atoms with Gasteiger partial charge < -0.3 is 5.11 Å². The molecule has 0 aromatic heterocycles. The Bertz CT molecular complexity index is 626. The van der Waals surface area contributed by atoms with E-state index in [1.54, 1.807) is 12.1 Å². The Labute approximate surface area is 113 Å². The minimum Gasteiger partial charge on any atom is -0.478 e. The molecule has 2 aromatic carbocycles. The molecule has 0 amide bonds. The summed E-state index contributed by atoms with van der Waals surface area (Å²) in [6, 6.07) is 8.14. The van der Waals surface area contributed by atoms with Gasteiger partial charge >= 0.3 is 5.97 Å². The molecule has 0 atom stereocenters. The molecule has 0 aliphatic rings. The third kappa shape index (κ3) is 2.47. The van der Waals surface area contributed by atoms with E-state index in [9.17, 15) is 9.18 Å². The topological polar surface area (TPSA) is 37.3 Å². The molecule has 2 aromatic rings. The van der Waals surface area contributed by atoms with E-state index in [0.717, 1.165) is 6.07 Å². The highest BCUT2D eigenvalue weighted by Gasteiger charge is 2.12. The van der Waals surface area contributed by atoms with E-state index in [1.165, 1.54) is 18.2 Å². The molecule has 5 heteroatoms. The number of carbonyl (C=O) groups is 1. The van der Waals surface area contributed by atoms with Gasteiger partial charge in [0.1, 0.15) is 5.82 Å². The summed E-state index contributed by atoms with van der Waals surface area (Å²) in [5, 5.41) is 9.58. The second-order valence-electron chi connectivity index (χ2n) is 3.62. The highest BCUT2D eigenvalue weighted by Crippen LogP contribution is 2.32. The van der Waals surface area contributed by atoms with Crippen LogP contribution in [0.25, 0.3) is 11.1 Å². The quantitative estimate of drug-likeness (QED) is 0.882. The second-order valence-corrected chi connectivity index (χ2v) is 4.47. The summed E-state index contributed by atoms with van der Waals surface area (Å²) in [5.74, 6) is -1.66. The smallest absolute Gasteiger partial charge is 0.335 e. The van der Waals surface area contributed by atoms with Crippen LogP contribution in [-0.4, -0.2) is 11.1 Å². The number of carboxylic acids is 1. The first kappa shape index (κ1) is 12.9. The number of rotatable bonds is 2. The van der Waals surface area contributed by atoms with Gasteiger partial charge in [-0.3, -0.25) is 0 Å². The van der Waals surface area contributed by atoms with Crippen LogP contribution in [0.15, 0.2) is 36.4 Å². The second kappa shape index (κ2) is 4.96. The average molecular weight is 285 g/mol. The monoisotopic (exact) mass is 284 g/mol. The Kier molecular flexibility index (Phi) is 3.55. The largest absolute Gasteiger partial charge is 0.478 e. The Morgan fingerprint density at radius 3 is 2.39 bits per heavy atom. The van der Waals surface area contributed by atoms with Crippen molar-refractivity contribution in [2.75, 3.05) is 0 Å². The zero-order valence-corrected chi connectivity index (χ0v) is 10.5. The number of benzene rings is 2. The molecule has 92 valence electrons. The van der Waals surface area contributed by atoms with Gasteiger partial charge in [0.05, 0.1) is 5.56 Å². The highest BCUT2D eigenvalue weighted by atomic mass is 35.5. The van der Waals surface area contributed by atoms with E-state index in [1.807, 2.05) is 0 Å². The third-order valence-electron chi connectivity index (χ3n) is 2.43. The van der Waals surface area contributed by atoms with Gasteiger partial charge in [-0.05, 0) is 30.3 Å². The van der Waals surface area contributed by atoms with Gasteiger partial charge in [-0.25, -0.2) is 9.18 Å². The maximum atomic E-state index is 13.7. The zero-order valence-electron chi connectivity index (χ0n) is 8.95. The van der Waals surface area contributed by atoms with Crippen molar-refractivity contribution in [3.8, 4) is 11.1 Å². The van der Waals surface area contributed by atoms with Crippen LogP contribution in [0.1, 0.15) is 10.4 Å². The molecule has 0 spiro atoms. The lowest BCUT2D eigenvalue weighted by Crippen LogP contribution is -1.97. The Hall–Kier alpha value is -1.58. The number of carboxylic acid groups (broad SMARTS) is 1. The summed E-state index contributed by atoms with van der Waals surface area (Å²) >= 11 is 11.7. The average Bonchev–Trinajstić information content (AvgIpc) is 2.30. The van der Waals surface area contributed by atoms with Crippen LogP contribution in [0.3, 0.4) is 0 Å². The normalized spacial score (nSPS) is 10.4. The lowest BCUT2D eigenvalue weighted by atomic mass is 10.0.